The highest BCUT2D eigenvalue weighted by Crippen LogP contribution is 2.37. The Morgan fingerprint density at radius 2 is 1.96 bits per heavy atom. The van der Waals surface area contributed by atoms with Gasteiger partial charge in [0, 0.05) is 6.04 Å². The van der Waals surface area contributed by atoms with Gasteiger partial charge in [0.25, 0.3) is 0 Å². The highest BCUT2D eigenvalue weighted by molar-refractivity contribution is 6.05. The van der Waals surface area contributed by atoms with E-state index in [4.69, 9.17) is 0 Å². The fourth-order valence-corrected chi connectivity index (χ4v) is 2.56. The molecule has 1 aliphatic heterocycles. The molecule has 0 bridgehead atoms. The van der Waals surface area contributed by atoms with E-state index in [1.165, 1.54) is 18.2 Å². The summed E-state index contributed by atoms with van der Waals surface area (Å²) in [6.45, 7) is 5.52. The second kappa shape index (κ2) is 7.43. The van der Waals surface area contributed by atoms with Crippen molar-refractivity contribution in [3.8, 4) is 0 Å². The highest BCUT2D eigenvalue weighted by Gasteiger charge is 2.48. The average molecular weight is 357 g/mol. The van der Waals surface area contributed by atoms with Gasteiger partial charge in [-0.3, -0.25) is 14.5 Å². The van der Waals surface area contributed by atoms with Crippen LogP contribution in [0, 0.1) is 5.92 Å². The zero-order chi connectivity index (χ0) is 18.8. The molecule has 0 unspecified atom stereocenters. The summed E-state index contributed by atoms with van der Waals surface area (Å²) >= 11 is 0. The molecule has 0 saturated heterocycles. The first kappa shape index (κ1) is 19.2. The van der Waals surface area contributed by atoms with Crippen molar-refractivity contribution in [1.82, 2.24) is 5.32 Å². The van der Waals surface area contributed by atoms with Crippen molar-refractivity contribution in [3.05, 3.63) is 24.3 Å². The number of benzene rings is 1. The third-order valence-corrected chi connectivity index (χ3v) is 4.35. The van der Waals surface area contributed by atoms with E-state index in [2.05, 4.69) is 10.6 Å². The van der Waals surface area contributed by atoms with E-state index < -0.39 is 30.5 Å². The molecular weight excluding hydrogens is 335 g/mol. The number of para-hydroxylation sites is 2. The zero-order valence-electron chi connectivity index (χ0n) is 14.4. The van der Waals surface area contributed by atoms with Gasteiger partial charge in [-0.25, -0.2) is 0 Å². The first-order valence-electron chi connectivity index (χ1n) is 8.12. The largest absolute Gasteiger partial charge is 0.409 e. The Morgan fingerprint density at radius 3 is 2.56 bits per heavy atom. The summed E-state index contributed by atoms with van der Waals surface area (Å²) < 4.78 is 40.6. The van der Waals surface area contributed by atoms with Gasteiger partial charge in [-0.05, 0) is 25.0 Å². The molecule has 0 aromatic heterocycles. The highest BCUT2D eigenvalue weighted by atomic mass is 19.4. The summed E-state index contributed by atoms with van der Waals surface area (Å²) in [4.78, 5) is 25.2. The van der Waals surface area contributed by atoms with Crippen LogP contribution in [0.2, 0.25) is 0 Å². The lowest BCUT2D eigenvalue weighted by Gasteiger charge is -2.32. The number of rotatable bonds is 4. The van der Waals surface area contributed by atoms with Crippen LogP contribution in [-0.2, 0) is 9.59 Å². The number of carbonyl (C=O) groups excluding carboxylic acids is 2. The number of fused-ring (bicyclic) bond motifs is 1. The van der Waals surface area contributed by atoms with E-state index in [0.717, 1.165) is 0 Å². The molecule has 1 heterocycles. The molecule has 1 aromatic rings. The topological polar surface area (TPSA) is 61.4 Å². The van der Waals surface area contributed by atoms with Gasteiger partial charge >= 0.3 is 6.18 Å². The molecule has 5 nitrogen and oxygen atoms in total. The fourth-order valence-electron chi connectivity index (χ4n) is 2.56. The van der Waals surface area contributed by atoms with E-state index >= 15 is 0 Å². The van der Waals surface area contributed by atoms with Gasteiger partial charge in [0.05, 0.1) is 24.3 Å². The second-order valence-corrected chi connectivity index (χ2v) is 6.50. The molecule has 2 rings (SSSR count). The third kappa shape index (κ3) is 4.50. The number of anilines is 2. The Balaban J connectivity index is 2.37. The van der Waals surface area contributed by atoms with E-state index in [1.54, 1.807) is 6.07 Å². The van der Waals surface area contributed by atoms with Gasteiger partial charge in [0.15, 0.2) is 0 Å². The number of hydrogen-bond donors (Lipinski definition) is 2. The van der Waals surface area contributed by atoms with Crippen molar-refractivity contribution in [3.63, 3.8) is 0 Å². The summed E-state index contributed by atoms with van der Waals surface area (Å²) in [6.07, 6.45) is -5.54. The Hall–Kier alpha value is -2.09. The van der Waals surface area contributed by atoms with Gasteiger partial charge < -0.3 is 10.6 Å². The molecule has 1 aromatic carbocycles. The van der Waals surface area contributed by atoms with Crippen molar-refractivity contribution in [2.24, 2.45) is 5.92 Å². The van der Waals surface area contributed by atoms with E-state index in [-0.39, 0.29) is 29.9 Å². The van der Waals surface area contributed by atoms with Crippen LogP contribution in [-0.4, -0.2) is 36.6 Å². The molecule has 0 fully saturated rings. The minimum absolute atomic E-state index is 0.0322. The Bertz CT molecular complexity index is 646. The molecule has 2 N–H and O–H groups in total. The first-order valence-corrected chi connectivity index (χ1v) is 8.12. The number of nitrogens with zero attached hydrogens (tertiary/aromatic N) is 1. The first-order chi connectivity index (χ1) is 11.6. The molecule has 1 aliphatic rings. The quantitative estimate of drug-likeness (QED) is 0.871. The maximum Gasteiger partial charge on any atom is 0.409 e. The van der Waals surface area contributed by atoms with Crippen LogP contribution in [0.1, 0.15) is 27.2 Å². The smallest absolute Gasteiger partial charge is 0.324 e. The standard InChI is InChI=1S/C17H22F3N3O2/c1-10(2)11(3)21-9-16(25)23-13-7-5-4-6-12(13)22-15(24)8-14(23)17(18,19)20/h4-7,10-11,14,21H,8-9H2,1-3H3,(H,22,24)/t11-,14-/m0/s1. The van der Waals surface area contributed by atoms with Gasteiger partial charge in [0.2, 0.25) is 11.8 Å². The molecule has 0 radical (unpaired) electrons. The SMILES string of the molecule is CC(C)[C@H](C)NCC(=O)N1c2ccccc2NC(=O)C[C@H]1C(F)(F)F. The van der Waals surface area contributed by atoms with E-state index in [0.29, 0.717) is 4.90 Å². The molecular formula is C17H22F3N3O2. The predicted octanol–water partition coefficient (Wildman–Crippen LogP) is 2.93. The molecule has 8 heteroatoms. The summed E-state index contributed by atoms with van der Waals surface area (Å²) in [7, 11) is 0. The van der Waals surface area contributed by atoms with Gasteiger partial charge in [-0.15, -0.1) is 0 Å². The fraction of sp³-hybridized carbons (Fsp3) is 0.529. The summed E-state index contributed by atoms with van der Waals surface area (Å²) in [6, 6.07) is 3.79. The molecule has 0 aliphatic carbocycles. The number of alkyl halides is 3. The summed E-state index contributed by atoms with van der Waals surface area (Å²) in [5.74, 6) is -1.27. The summed E-state index contributed by atoms with van der Waals surface area (Å²) in [5, 5.41) is 5.39. The van der Waals surface area contributed by atoms with Gasteiger partial charge in [0.1, 0.15) is 6.04 Å². The molecule has 138 valence electrons. The van der Waals surface area contributed by atoms with Gasteiger partial charge in [-0.1, -0.05) is 26.0 Å². The number of amides is 2. The lowest BCUT2D eigenvalue weighted by molar-refractivity contribution is -0.157. The normalized spacial score (nSPS) is 19.2. The minimum Gasteiger partial charge on any atom is -0.324 e. The van der Waals surface area contributed by atoms with Crippen LogP contribution >= 0.6 is 0 Å². The van der Waals surface area contributed by atoms with Gasteiger partial charge in [-0.2, -0.15) is 13.2 Å². The molecule has 2 amide bonds. The Labute approximate surface area is 144 Å². The van der Waals surface area contributed by atoms with Crippen molar-refractivity contribution in [2.45, 2.75) is 45.5 Å². The number of hydrogen-bond acceptors (Lipinski definition) is 3. The van der Waals surface area contributed by atoms with Crippen molar-refractivity contribution in [1.29, 1.82) is 0 Å². The number of halogens is 3. The number of carbonyl (C=O) groups is 2. The number of nitrogens with one attached hydrogen (secondary N) is 2. The average Bonchev–Trinajstić information content (AvgIpc) is 2.67. The summed E-state index contributed by atoms with van der Waals surface area (Å²) in [5.41, 5.74) is 0.254. The van der Waals surface area contributed by atoms with Crippen LogP contribution < -0.4 is 15.5 Å². The maximum absolute atomic E-state index is 13.5. The van der Waals surface area contributed by atoms with E-state index in [1.807, 2.05) is 20.8 Å². The monoisotopic (exact) mass is 357 g/mol. The van der Waals surface area contributed by atoms with Crippen LogP contribution in [0.5, 0.6) is 0 Å². The minimum atomic E-state index is -4.71. The van der Waals surface area contributed by atoms with Crippen LogP contribution in [0.15, 0.2) is 24.3 Å². The molecule has 2 atom stereocenters. The van der Waals surface area contributed by atoms with Crippen LogP contribution in [0.3, 0.4) is 0 Å². The predicted molar refractivity (Wildman–Crippen MR) is 89.3 cm³/mol. The zero-order valence-corrected chi connectivity index (χ0v) is 14.4. The lowest BCUT2D eigenvalue weighted by Crippen LogP contribution is -2.52. The third-order valence-electron chi connectivity index (χ3n) is 4.35. The van der Waals surface area contributed by atoms with E-state index in [9.17, 15) is 22.8 Å². The Kier molecular flexibility index (Phi) is 5.72. The second-order valence-electron chi connectivity index (χ2n) is 6.50. The van der Waals surface area contributed by atoms with Crippen LogP contribution in [0.4, 0.5) is 24.5 Å². The van der Waals surface area contributed by atoms with Crippen molar-refractivity contribution >= 4 is 23.2 Å². The molecule has 0 saturated carbocycles. The lowest BCUT2D eigenvalue weighted by atomic mass is 10.1. The molecule has 25 heavy (non-hydrogen) atoms. The maximum atomic E-state index is 13.5. The van der Waals surface area contributed by atoms with Crippen LogP contribution in [0.25, 0.3) is 0 Å². The van der Waals surface area contributed by atoms with Crippen molar-refractivity contribution in [2.75, 3.05) is 16.8 Å². The molecule has 0 spiro atoms. The van der Waals surface area contributed by atoms with Crippen molar-refractivity contribution < 1.29 is 22.8 Å². The Morgan fingerprint density at radius 1 is 1.32 bits per heavy atom.